The summed E-state index contributed by atoms with van der Waals surface area (Å²) in [4.78, 5) is 13.1. The summed E-state index contributed by atoms with van der Waals surface area (Å²) < 4.78 is 33.2. The molecule has 0 radical (unpaired) electrons. The van der Waals surface area contributed by atoms with Gasteiger partial charge in [-0.3, -0.25) is 4.79 Å². The van der Waals surface area contributed by atoms with Gasteiger partial charge in [-0.15, -0.1) is 0 Å². The van der Waals surface area contributed by atoms with Gasteiger partial charge in [0.2, 0.25) is 10.0 Å². The van der Waals surface area contributed by atoms with Gasteiger partial charge in [0.15, 0.2) is 0 Å². The Balaban J connectivity index is 1.71. The monoisotopic (exact) mass is 541 g/mol. The Bertz CT molecular complexity index is 1630. The van der Waals surface area contributed by atoms with Crippen LogP contribution in [0.1, 0.15) is 12.5 Å². The number of anilines is 1. The van der Waals surface area contributed by atoms with Crippen LogP contribution in [0.4, 0.5) is 5.69 Å². The molecule has 1 amide bonds. The third-order valence-electron chi connectivity index (χ3n) is 5.76. The number of nitriles is 1. The van der Waals surface area contributed by atoms with Gasteiger partial charge in [0, 0.05) is 37.1 Å². The Labute approximate surface area is 227 Å². The Morgan fingerprint density at radius 1 is 1.05 bits per heavy atom. The van der Waals surface area contributed by atoms with Crippen molar-refractivity contribution in [1.82, 2.24) is 14.1 Å². The van der Waals surface area contributed by atoms with Crippen LogP contribution in [0.25, 0.3) is 23.0 Å². The summed E-state index contributed by atoms with van der Waals surface area (Å²) in [5.41, 5.74) is 2.79. The zero-order chi connectivity index (χ0) is 28.0. The number of ether oxygens (including phenoxy) is 1. The first-order valence-corrected chi connectivity index (χ1v) is 13.5. The molecule has 0 saturated carbocycles. The van der Waals surface area contributed by atoms with Crippen molar-refractivity contribution in [3.63, 3.8) is 0 Å². The standard InChI is InChI=1S/C29H27N5O4S/c1-4-38-26-14-12-24(13-15-26)31-29(35)22(19-30)18-23-20-34(25-8-6-5-7-9-25)32-28(23)21-10-16-27(17-11-21)39(36,37)33(2)3/h5-18,20H,4H2,1-3H3,(H,31,35)/b22-18+. The third-order valence-corrected chi connectivity index (χ3v) is 7.59. The molecule has 10 heteroatoms. The number of sulfonamides is 1. The number of aromatic nitrogens is 2. The lowest BCUT2D eigenvalue weighted by molar-refractivity contribution is -0.112. The largest absolute Gasteiger partial charge is 0.494 e. The van der Waals surface area contributed by atoms with Crippen LogP contribution in [-0.4, -0.2) is 49.1 Å². The molecular formula is C29H27N5O4S. The molecule has 198 valence electrons. The van der Waals surface area contributed by atoms with Gasteiger partial charge < -0.3 is 10.1 Å². The fourth-order valence-corrected chi connectivity index (χ4v) is 4.63. The van der Waals surface area contributed by atoms with Crippen molar-refractivity contribution in [2.24, 2.45) is 0 Å². The van der Waals surface area contributed by atoms with Gasteiger partial charge in [0.05, 0.1) is 22.9 Å². The molecule has 3 aromatic carbocycles. The van der Waals surface area contributed by atoms with Crippen molar-refractivity contribution in [1.29, 1.82) is 5.26 Å². The smallest absolute Gasteiger partial charge is 0.266 e. The summed E-state index contributed by atoms with van der Waals surface area (Å²) in [6, 6.07) is 24.5. The molecule has 4 aromatic rings. The van der Waals surface area contributed by atoms with Crippen LogP contribution in [0.5, 0.6) is 5.75 Å². The fourth-order valence-electron chi connectivity index (χ4n) is 3.73. The summed E-state index contributed by atoms with van der Waals surface area (Å²) in [7, 11) is -0.666. The summed E-state index contributed by atoms with van der Waals surface area (Å²) in [6.45, 7) is 2.41. The Morgan fingerprint density at radius 2 is 1.72 bits per heavy atom. The van der Waals surface area contributed by atoms with Crippen LogP contribution in [0.15, 0.2) is 95.5 Å². The van der Waals surface area contributed by atoms with Gasteiger partial charge in [-0.2, -0.15) is 10.4 Å². The molecule has 0 aliphatic rings. The molecule has 1 aromatic heterocycles. The van der Waals surface area contributed by atoms with Crippen molar-refractivity contribution < 1.29 is 17.9 Å². The van der Waals surface area contributed by atoms with E-state index in [1.165, 1.54) is 32.3 Å². The van der Waals surface area contributed by atoms with E-state index in [0.717, 1.165) is 9.99 Å². The number of nitrogens with one attached hydrogen (secondary N) is 1. The molecule has 39 heavy (non-hydrogen) atoms. The number of benzene rings is 3. The minimum absolute atomic E-state index is 0.121. The molecule has 0 fully saturated rings. The molecule has 0 saturated heterocycles. The predicted molar refractivity (Wildman–Crippen MR) is 150 cm³/mol. The molecule has 9 nitrogen and oxygen atoms in total. The van der Waals surface area contributed by atoms with E-state index in [1.54, 1.807) is 47.3 Å². The number of para-hydroxylation sites is 1. The van der Waals surface area contributed by atoms with Gasteiger partial charge >= 0.3 is 0 Å². The Hall–Kier alpha value is -4.72. The number of nitrogens with zero attached hydrogens (tertiary/aromatic N) is 4. The summed E-state index contributed by atoms with van der Waals surface area (Å²) >= 11 is 0. The fraction of sp³-hybridized carbons (Fsp3) is 0.138. The number of carbonyl (C=O) groups excluding carboxylic acids is 1. The first-order valence-electron chi connectivity index (χ1n) is 12.1. The SMILES string of the molecule is CCOc1ccc(NC(=O)/C(C#N)=C/c2cn(-c3ccccc3)nc2-c2ccc(S(=O)(=O)N(C)C)cc2)cc1. The van der Waals surface area contributed by atoms with E-state index in [2.05, 4.69) is 5.32 Å². The Kier molecular flexibility index (Phi) is 8.24. The van der Waals surface area contributed by atoms with Crippen molar-refractivity contribution in [3.8, 4) is 28.8 Å². The highest BCUT2D eigenvalue weighted by molar-refractivity contribution is 7.89. The number of carbonyl (C=O) groups is 1. The van der Waals surface area contributed by atoms with Crippen LogP contribution in [0.2, 0.25) is 0 Å². The number of hydrogen-bond donors (Lipinski definition) is 1. The number of rotatable bonds is 9. The van der Waals surface area contributed by atoms with Gasteiger partial charge in [0.1, 0.15) is 17.4 Å². The highest BCUT2D eigenvalue weighted by atomic mass is 32.2. The van der Waals surface area contributed by atoms with Crippen molar-refractivity contribution in [3.05, 3.63) is 96.2 Å². The van der Waals surface area contributed by atoms with Crippen LogP contribution >= 0.6 is 0 Å². The number of amides is 1. The lowest BCUT2D eigenvalue weighted by Gasteiger charge is -2.11. The molecule has 0 aliphatic heterocycles. The van der Waals surface area contributed by atoms with Gasteiger partial charge in [-0.25, -0.2) is 17.4 Å². The highest BCUT2D eigenvalue weighted by Crippen LogP contribution is 2.28. The average Bonchev–Trinajstić information content (AvgIpc) is 3.37. The van der Waals surface area contributed by atoms with E-state index >= 15 is 0 Å². The van der Waals surface area contributed by atoms with Crippen LogP contribution in [0, 0.1) is 11.3 Å². The molecule has 0 atom stereocenters. The van der Waals surface area contributed by atoms with E-state index in [0.29, 0.717) is 34.9 Å². The van der Waals surface area contributed by atoms with Crippen LogP contribution in [0.3, 0.4) is 0 Å². The number of hydrogen-bond acceptors (Lipinski definition) is 6. The molecule has 0 aliphatic carbocycles. The second kappa shape index (κ2) is 11.8. The highest BCUT2D eigenvalue weighted by Gasteiger charge is 2.19. The minimum Gasteiger partial charge on any atom is -0.494 e. The zero-order valence-corrected chi connectivity index (χ0v) is 22.5. The summed E-state index contributed by atoms with van der Waals surface area (Å²) in [5.74, 6) is 0.0985. The predicted octanol–water partition coefficient (Wildman–Crippen LogP) is 4.73. The van der Waals surface area contributed by atoms with E-state index in [-0.39, 0.29) is 10.5 Å². The summed E-state index contributed by atoms with van der Waals surface area (Å²) in [6.07, 6.45) is 3.19. The lowest BCUT2D eigenvalue weighted by atomic mass is 10.1. The van der Waals surface area contributed by atoms with Gasteiger partial charge in [0.25, 0.3) is 5.91 Å². The quantitative estimate of drug-likeness (QED) is 0.242. The van der Waals surface area contributed by atoms with Crippen LogP contribution in [-0.2, 0) is 14.8 Å². The van der Waals surface area contributed by atoms with Gasteiger partial charge in [-0.05, 0) is 61.5 Å². The van der Waals surface area contributed by atoms with Crippen molar-refractivity contribution in [2.75, 3.05) is 26.0 Å². The molecule has 1 heterocycles. The molecular weight excluding hydrogens is 514 g/mol. The van der Waals surface area contributed by atoms with Crippen molar-refractivity contribution in [2.45, 2.75) is 11.8 Å². The zero-order valence-electron chi connectivity index (χ0n) is 21.7. The maximum atomic E-state index is 13.0. The van der Waals surface area contributed by atoms with E-state index < -0.39 is 15.9 Å². The maximum absolute atomic E-state index is 13.0. The van der Waals surface area contributed by atoms with E-state index in [4.69, 9.17) is 9.84 Å². The topological polar surface area (TPSA) is 117 Å². The molecule has 0 spiro atoms. The molecule has 0 unspecified atom stereocenters. The van der Waals surface area contributed by atoms with Gasteiger partial charge in [-0.1, -0.05) is 30.3 Å². The minimum atomic E-state index is -3.60. The second-order valence-corrected chi connectivity index (χ2v) is 10.8. The average molecular weight is 542 g/mol. The van der Waals surface area contributed by atoms with E-state index in [9.17, 15) is 18.5 Å². The first kappa shape index (κ1) is 27.3. The van der Waals surface area contributed by atoms with Crippen molar-refractivity contribution >= 4 is 27.7 Å². The van der Waals surface area contributed by atoms with E-state index in [1.807, 2.05) is 43.3 Å². The molecule has 0 bridgehead atoms. The Morgan fingerprint density at radius 3 is 2.31 bits per heavy atom. The first-order chi connectivity index (χ1) is 18.7. The van der Waals surface area contributed by atoms with Crippen LogP contribution < -0.4 is 10.1 Å². The molecule has 1 N–H and O–H groups in total. The maximum Gasteiger partial charge on any atom is 0.266 e. The lowest BCUT2D eigenvalue weighted by Crippen LogP contribution is -2.22. The second-order valence-electron chi connectivity index (χ2n) is 8.61. The third kappa shape index (κ3) is 6.23. The summed E-state index contributed by atoms with van der Waals surface area (Å²) in [5, 5.41) is 17.2. The normalized spacial score (nSPS) is 11.7. The molecule has 4 rings (SSSR count).